The van der Waals surface area contributed by atoms with E-state index in [-0.39, 0.29) is 5.91 Å². The van der Waals surface area contributed by atoms with E-state index in [0.29, 0.717) is 16.3 Å². The fourth-order valence-corrected chi connectivity index (χ4v) is 2.56. The molecular formula is C15H19ClN2O3. The van der Waals surface area contributed by atoms with Crippen LogP contribution in [0.1, 0.15) is 30.1 Å². The van der Waals surface area contributed by atoms with Crippen molar-refractivity contribution in [2.75, 3.05) is 25.5 Å². The standard InChI is InChI=1S/C15H19ClN2O3/c1-15(5-7-17-8-6-15)14(20)18-12-9-10(16)3-4-11(12)13(19)21-2/h3-4,9,17H,5-8H2,1-2H3,(H,18,20). The lowest BCUT2D eigenvalue weighted by Crippen LogP contribution is -2.43. The van der Waals surface area contributed by atoms with E-state index in [4.69, 9.17) is 16.3 Å². The molecule has 21 heavy (non-hydrogen) atoms. The molecule has 0 atom stereocenters. The molecule has 1 aromatic carbocycles. The Morgan fingerprint density at radius 3 is 2.62 bits per heavy atom. The molecule has 1 amide bonds. The first-order valence-corrected chi connectivity index (χ1v) is 7.24. The second-order valence-corrected chi connectivity index (χ2v) is 5.88. The molecule has 0 spiro atoms. The van der Waals surface area contributed by atoms with Gasteiger partial charge in [-0.1, -0.05) is 18.5 Å². The van der Waals surface area contributed by atoms with Crippen LogP contribution in [0.25, 0.3) is 0 Å². The number of nitrogens with one attached hydrogen (secondary N) is 2. The molecule has 2 N–H and O–H groups in total. The predicted molar refractivity (Wildman–Crippen MR) is 81.6 cm³/mol. The first-order chi connectivity index (χ1) is 9.96. The summed E-state index contributed by atoms with van der Waals surface area (Å²) in [6.45, 7) is 3.55. The number of benzene rings is 1. The molecule has 0 bridgehead atoms. The van der Waals surface area contributed by atoms with E-state index in [1.165, 1.54) is 7.11 Å². The van der Waals surface area contributed by atoms with Gasteiger partial charge in [0.1, 0.15) is 0 Å². The zero-order chi connectivity index (χ0) is 15.5. The van der Waals surface area contributed by atoms with Crippen LogP contribution in [0.4, 0.5) is 5.69 Å². The first-order valence-electron chi connectivity index (χ1n) is 6.86. The monoisotopic (exact) mass is 310 g/mol. The van der Waals surface area contributed by atoms with Crippen molar-refractivity contribution in [1.29, 1.82) is 0 Å². The number of ether oxygens (including phenoxy) is 1. The SMILES string of the molecule is COC(=O)c1ccc(Cl)cc1NC(=O)C1(C)CCNCC1. The molecule has 0 unspecified atom stereocenters. The number of hydrogen-bond donors (Lipinski definition) is 2. The molecule has 0 aromatic heterocycles. The van der Waals surface area contributed by atoms with Crippen LogP contribution in [-0.4, -0.2) is 32.1 Å². The Balaban J connectivity index is 2.24. The van der Waals surface area contributed by atoms with E-state index in [1.54, 1.807) is 18.2 Å². The lowest BCUT2D eigenvalue weighted by molar-refractivity contribution is -0.126. The Labute approximate surface area is 129 Å². The molecule has 0 saturated carbocycles. The average molecular weight is 311 g/mol. The van der Waals surface area contributed by atoms with Gasteiger partial charge in [-0.05, 0) is 44.1 Å². The van der Waals surface area contributed by atoms with E-state index in [1.807, 2.05) is 6.92 Å². The Kier molecular flexibility index (Phi) is 4.85. The van der Waals surface area contributed by atoms with Crippen molar-refractivity contribution < 1.29 is 14.3 Å². The van der Waals surface area contributed by atoms with Gasteiger partial charge in [0.15, 0.2) is 0 Å². The lowest BCUT2D eigenvalue weighted by Gasteiger charge is -2.32. The van der Waals surface area contributed by atoms with Crippen molar-refractivity contribution in [1.82, 2.24) is 5.32 Å². The van der Waals surface area contributed by atoms with Gasteiger partial charge in [0.05, 0.1) is 18.4 Å². The fraction of sp³-hybridized carbons (Fsp3) is 0.467. The summed E-state index contributed by atoms with van der Waals surface area (Å²) >= 11 is 5.96. The smallest absolute Gasteiger partial charge is 0.339 e. The normalized spacial score (nSPS) is 17.1. The van der Waals surface area contributed by atoms with E-state index >= 15 is 0 Å². The third-order valence-corrected chi connectivity index (χ3v) is 4.13. The maximum Gasteiger partial charge on any atom is 0.339 e. The highest BCUT2D eigenvalue weighted by atomic mass is 35.5. The van der Waals surface area contributed by atoms with E-state index in [2.05, 4.69) is 10.6 Å². The van der Waals surface area contributed by atoms with Crippen LogP contribution in [0.15, 0.2) is 18.2 Å². The highest BCUT2D eigenvalue weighted by Gasteiger charge is 2.35. The number of halogens is 1. The summed E-state index contributed by atoms with van der Waals surface area (Å²) in [4.78, 5) is 24.3. The van der Waals surface area contributed by atoms with Gasteiger partial charge in [-0.3, -0.25) is 4.79 Å². The summed E-state index contributed by atoms with van der Waals surface area (Å²) in [6, 6.07) is 4.71. The first kappa shape index (κ1) is 15.8. The second kappa shape index (κ2) is 6.45. The third-order valence-electron chi connectivity index (χ3n) is 3.89. The summed E-state index contributed by atoms with van der Waals surface area (Å²) in [5.41, 5.74) is 0.243. The van der Waals surface area contributed by atoms with Gasteiger partial charge in [-0.15, -0.1) is 0 Å². The van der Waals surface area contributed by atoms with Crippen molar-refractivity contribution in [2.45, 2.75) is 19.8 Å². The minimum atomic E-state index is -0.502. The van der Waals surface area contributed by atoms with Gasteiger partial charge in [0.25, 0.3) is 0 Å². The van der Waals surface area contributed by atoms with Crippen molar-refractivity contribution in [2.24, 2.45) is 5.41 Å². The Bertz CT molecular complexity index is 554. The fourth-order valence-electron chi connectivity index (χ4n) is 2.39. The predicted octanol–water partition coefficient (Wildman–Crippen LogP) is 2.45. The van der Waals surface area contributed by atoms with Crippen LogP contribution in [0, 0.1) is 5.41 Å². The van der Waals surface area contributed by atoms with Crippen molar-refractivity contribution in [3.63, 3.8) is 0 Å². The number of hydrogen-bond acceptors (Lipinski definition) is 4. The number of piperidine rings is 1. The van der Waals surface area contributed by atoms with Crippen LogP contribution < -0.4 is 10.6 Å². The molecule has 0 radical (unpaired) electrons. The average Bonchev–Trinajstić information content (AvgIpc) is 2.47. The molecular weight excluding hydrogens is 292 g/mol. The van der Waals surface area contributed by atoms with E-state index < -0.39 is 11.4 Å². The Morgan fingerprint density at radius 2 is 2.00 bits per heavy atom. The summed E-state index contributed by atoms with van der Waals surface area (Å²) in [7, 11) is 1.30. The summed E-state index contributed by atoms with van der Waals surface area (Å²) in [6.07, 6.45) is 1.51. The zero-order valence-corrected chi connectivity index (χ0v) is 12.9. The van der Waals surface area contributed by atoms with Gasteiger partial charge >= 0.3 is 5.97 Å². The van der Waals surface area contributed by atoms with Crippen LogP contribution in [0.3, 0.4) is 0 Å². The van der Waals surface area contributed by atoms with Crippen molar-refractivity contribution in [3.8, 4) is 0 Å². The molecule has 1 aliphatic heterocycles. The highest BCUT2D eigenvalue weighted by molar-refractivity contribution is 6.31. The maximum absolute atomic E-state index is 12.5. The minimum Gasteiger partial charge on any atom is -0.465 e. The molecule has 1 heterocycles. The number of amides is 1. The van der Waals surface area contributed by atoms with E-state index in [9.17, 15) is 9.59 Å². The molecule has 5 nitrogen and oxygen atoms in total. The topological polar surface area (TPSA) is 67.4 Å². The molecule has 1 saturated heterocycles. The number of rotatable bonds is 3. The Morgan fingerprint density at radius 1 is 1.33 bits per heavy atom. The van der Waals surface area contributed by atoms with Crippen molar-refractivity contribution >= 4 is 29.2 Å². The summed E-state index contributed by atoms with van der Waals surface area (Å²) in [5, 5.41) is 6.51. The molecule has 1 fully saturated rings. The van der Waals surface area contributed by atoms with Crippen LogP contribution in [0.5, 0.6) is 0 Å². The lowest BCUT2D eigenvalue weighted by atomic mass is 9.80. The van der Waals surface area contributed by atoms with Gasteiger partial charge in [-0.25, -0.2) is 4.79 Å². The maximum atomic E-state index is 12.5. The molecule has 6 heteroatoms. The highest BCUT2D eigenvalue weighted by Crippen LogP contribution is 2.31. The minimum absolute atomic E-state index is 0.101. The van der Waals surface area contributed by atoms with Crippen LogP contribution in [0.2, 0.25) is 5.02 Å². The van der Waals surface area contributed by atoms with Crippen molar-refractivity contribution in [3.05, 3.63) is 28.8 Å². The molecule has 2 rings (SSSR count). The van der Waals surface area contributed by atoms with Gasteiger partial charge in [0.2, 0.25) is 5.91 Å². The van der Waals surface area contributed by atoms with Gasteiger partial charge < -0.3 is 15.4 Å². The summed E-state index contributed by atoms with van der Waals surface area (Å²) < 4.78 is 4.73. The number of carbonyl (C=O) groups is 2. The zero-order valence-electron chi connectivity index (χ0n) is 12.2. The number of methoxy groups -OCH3 is 1. The van der Waals surface area contributed by atoms with Gasteiger partial charge in [0, 0.05) is 10.4 Å². The van der Waals surface area contributed by atoms with Crippen LogP contribution in [-0.2, 0) is 9.53 Å². The largest absolute Gasteiger partial charge is 0.465 e. The quantitative estimate of drug-likeness (QED) is 0.842. The number of anilines is 1. The third kappa shape index (κ3) is 3.54. The molecule has 0 aliphatic carbocycles. The molecule has 1 aromatic rings. The Hall–Kier alpha value is -1.59. The van der Waals surface area contributed by atoms with Gasteiger partial charge in [-0.2, -0.15) is 0 Å². The number of esters is 1. The summed E-state index contributed by atoms with van der Waals surface area (Å²) in [5.74, 6) is -0.603. The van der Waals surface area contributed by atoms with Crippen LogP contribution >= 0.6 is 11.6 Å². The molecule has 1 aliphatic rings. The number of carbonyl (C=O) groups excluding carboxylic acids is 2. The van der Waals surface area contributed by atoms with E-state index in [0.717, 1.165) is 25.9 Å². The second-order valence-electron chi connectivity index (χ2n) is 5.45. The molecule has 114 valence electrons.